The number of halogens is 1. The maximum Gasteiger partial charge on any atom is 0.327 e. The van der Waals surface area contributed by atoms with Gasteiger partial charge < -0.3 is 10.1 Å². The summed E-state index contributed by atoms with van der Waals surface area (Å²) in [5.41, 5.74) is -0.0156. The molecule has 0 unspecified atom stereocenters. The van der Waals surface area contributed by atoms with Gasteiger partial charge in [-0.3, -0.25) is 9.59 Å². The predicted octanol–water partition coefficient (Wildman–Crippen LogP) is 1.53. The van der Waals surface area contributed by atoms with Gasteiger partial charge in [0, 0.05) is 6.54 Å². The van der Waals surface area contributed by atoms with E-state index in [1.54, 1.807) is 0 Å². The second-order valence-electron chi connectivity index (χ2n) is 5.33. The Balaban J connectivity index is 2.92. The molecular formula is C12H18ClN3O3. The maximum absolute atomic E-state index is 11.9. The van der Waals surface area contributed by atoms with Gasteiger partial charge in [0.15, 0.2) is 0 Å². The number of aromatic nitrogens is 2. The van der Waals surface area contributed by atoms with Crippen LogP contribution >= 0.6 is 11.6 Å². The van der Waals surface area contributed by atoms with E-state index in [0.717, 1.165) is 4.68 Å². The number of carbonyl (C=O) groups is 1. The number of nitrogens with one attached hydrogen (secondary N) is 1. The van der Waals surface area contributed by atoms with Crippen LogP contribution < -0.4 is 10.9 Å². The molecule has 7 heteroatoms. The summed E-state index contributed by atoms with van der Waals surface area (Å²) in [5.74, 6) is -0.555. The van der Waals surface area contributed by atoms with Crippen LogP contribution in [0.15, 0.2) is 11.0 Å². The van der Waals surface area contributed by atoms with E-state index < -0.39 is 11.5 Å². The Morgan fingerprint density at radius 2 is 2.16 bits per heavy atom. The Morgan fingerprint density at radius 3 is 2.68 bits per heavy atom. The third-order valence-corrected chi connectivity index (χ3v) is 2.67. The molecule has 0 amide bonds. The molecule has 0 fully saturated rings. The minimum Gasteiger partial charge on any atom is -0.468 e. The molecule has 0 aromatic carbocycles. The largest absolute Gasteiger partial charge is 0.468 e. The molecule has 0 aliphatic heterocycles. The number of esters is 1. The van der Waals surface area contributed by atoms with Crippen molar-refractivity contribution in [2.45, 2.75) is 27.3 Å². The Kier molecular flexibility index (Phi) is 4.94. The van der Waals surface area contributed by atoms with E-state index in [4.69, 9.17) is 11.6 Å². The minimum atomic E-state index is -0.555. The summed E-state index contributed by atoms with van der Waals surface area (Å²) < 4.78 is 5.44. The van der Waals surface area contributed by atoms with Gasteiger partial charge in [-0.05, 0) is 5.41 Å². The summed E-state index contributed by atoms with van der Waals surface area (Å²) >= 11 is 5.97. The molecule has 0 saturated carbocycles. The van der Waals surface area contributed by atoms with Crippen molar-refractivity contribution in [2.24, 2.45) is 5.41 Å². The number of hydrogen-bond acceptors (Lipinski definition) is 5. The molecule has 1 heterocycles. The number of rotatable bonds is 4. The van der Waals surface area contributed by atoms with Gasteiger partial charge in [0.1, 0.15) is 11.6 Å². The molecule has 106 valence electrons. The minimum absolute atomic E-state index is 0.0168. The predicted molar refractivity (Wildman–Crippen MR) is 73.5 cm³/mol. The van der Waals surface area contributed by atoms with Gasteiger partial charge in [-0.25, -0.2) is 4.68 Å². The highest BCUT2D eigenvalue weighted by Gasteiger charge is 2.14. The SMILES string of the molecule is COC(=O)Cn1ncc(NCC(C)(C)C)c(Cl)c1=O. The number of anilines is 1. The van der Waals surface area contributed by atoms with Gasteiger partial charge >= 0.3 is 5.97 Å². The first-order valence-electron chi connectivity index (χ1n) is 5.81. The first-order valence-corrected chi connectivity index (χ1v) is 6.18. The Labute approximate surface area is 116 Å². The topological polar surface area (TPSA) is 73.2 Å². The lowest BCUT2D eigenvalue weighted by Gasteiger charge is -2.20. The van der Waals surface area contributed by atoms with Crippen LogP contribution in [0.5, 0.6) is 0 Å². The molecular weight excluding hydrogens is 270 g/mol. The van der Waals surface area contributed by atoms with Gasteiger partial charge in [0.2, 0.25) is 0 Å². The zero-order valence-electron chi connectivity index (χ0n) is 11.5. The number of hydrogen-bond donors (Lipinski definition) is 1. The quantitative estimate of drug-likeness (QED) is 0.850. The van der Waals surface area contributed by atoms with Crippen LogP contribution in [-0.2, 0) is 16.1 Å². The molecule has 0 atom stereocenters. The summed E-state index contributed by atoms with van der Waals surface area (Å²) in [6.07, 6.45) is 1.43. The first kappa shape index (κ1) is 15.5. The second kappa shape index (κ2) is 6.06. The molecule has 1 aromatic rings. The number of carbonyl (C=O) groups excluding carboxylic acids is 1. The van der Waals surface area contributed by atoms with E-state index in [9.17, 15) is 9.59 Å². The van der Waals surface area contributed by atoms with E-state index in [2.05, 4.69) is 35.9 Å². The zero-order valence-corrected chi connectivity index (χ0v) is 12.2. The summed E-state index contributed by atoms with van der Waals surface area (Å²) in [6.45, 7) is 6.56. The lowest BCUT2D eigenvalue weighted by molar-refractivity contribution is -0.141. The van der Waals surface area contributed by atoms with Crippen molar-refractivity contribution in [1.29, 1.82) is 0 Å². The third-order valence-electron chi connectivity index (χ3n) is 2.30. The highest BCUT2D eigenvalue weighted by molar-refractivity contribution is 6.32. The van der Waals surface area contributed by atoms with Gasteiger partial charge in [0.05, 0.1) is 19.0 Å². The zero-order chi connectivity index (χ0) is 14.6. The smallest absolute Gasteiger partial charge is 0.327 e. The molecule has 0 radical (unpaired) electrons. The fourth-order valence-electron chi connectivity index (χ4n) is 1.25. The van der Waals surface area contributed by atoms with Crippen LogP contribution in [0.2, 0.25) is 5.02 Å². The van der Waals surface area contributed by atoms with E-state index in [1.807, 2.05) is 0 Å². The van der Waals surface area contributed by atoms with Crippen LogP contribution in [0.25, 0.3) is 0 Å². The van der Waals surface area contributed by atoms with Gasteiger partial charge in [0.25, 0.3) is 5.56 Å². The normalized spacial score (nSPS) is 11.2. The summed E-state index contributed by atoms with van der Waals surface area (Å²) in [7, 11) is 1.24. The van der Waals surface area contributed by atoms with E-state index in [0.29, 0.717) is 12.2 Å². The van der Waals surface area contributed by atoms with Crippen molar-refractivity contribution < 1.29 is 9.53 Å². The molecule has 1 rings (SSSR count). The highest BCUT2D eigenvalue weighted by atomic mass is 35.5. The molecule has 1 aromatic heterocycles. The summed E-state index contributed by atoms with van der Waals surface area (Å²) in [4.78, 5) is 23.0. The summed E-state index contributed by atoms with van der Waals surface area (Å²) in [6, 6.07) is 0. The number of ether oxygens (including phenoxy) is 1. The molecule has 6 nitrogen and oxygen atoms in total. The molecule has 0 saturated heterocycles. The van der Waals surface area contributed by atoms with E-state index in [-0.39, 0.29) is 17.0 Å². The molecule has 0 bridgehead atoms. The van der Waals surface area contributed by atoms with E-state index in [1.165, 1.54) is 13.3 Å². The third kappa shape index (κ3) is 4.55. The van der Waals surface area contributed by atoms with Crippen LogP contribution in [0, 0.1) is 5.41 Å². The van der Waals surface area contributed by atoms with Crippen molar-refractivity contribution in [3.05, 3.63) is 21.6 Å². The Morgan fingerprint density at radius 1 is 1.53 bits per heavy atom. The van der Waals surface area contributed by atoms with Crippen molar-refractivity contribution in [3.8, 4) is 0 Å². The van der Waals surface area contributed by atoms with E-state index >= 15 is 0 Å². The second-order valence-corrected chi connectivity index (χ2v) is 5.70. The molecule has 0 spiro atoms. The van der Waals surface area contributed by atoms with Crippen molar-refractivity contribution >= 4 is 23.3 Å². The van der Waals surface area contributed by atoms with Gasteiger partial charge in [-0.1, -0.05) is 32.4 Å². The van der Waals surface area contributed by atoms with Gasteiger partial charge in [-0.15, -0.1) is 0 Å². The first-order chi connectivity index (χ1) is 8.74. The lowest BCUT2D eigenvalue weighted by atomic mass is 9.97. The van der Waals surface area contributed by atoms with Crippen molar-refractivity contribution in [2.75, 3.05) is 19.0 Å². The molecule has 19 heavy (non-hydrogen) atoms. The standard InChI is InChI=1S/C12H18ClN3O3/c1-12(2,3)7-14-8-5-15-16(6-9(17)19-4)11(18)10(8)13/h5,14H,6-7H2,1-4H3. The van der Waals surface area contributed by atoms with Crippen LogP contribution in [-0.4, -0.2) is 29.4 Å². The highest BCUT2D eigenvalue weighted by Crippen LogP contribution is 2.19. The molecule has 0 aliphatic carbocycles. The lowest BCUT2D eigenvalue weighted by Crippen LogP contribution is -2.29. The summed E-state index contributed by atoms with van der Waals surface area (Å²) in [5, 5.41) is 6.97. The van der Waals surface area contributed by atoms with Crippen LogP contribution in [0.4, 0.5) is 5.69 Å². The Bertz CT molecular complexity index is 520. The Hall–Kier alpha value is -1.56. The average molecular weight is 288 g/mol. The van der Waals surface area contributed by atoms with Crippen molar-refractivity contribution in [3.63, 3.8) is 0 Å². The average Bonchev–Trinajstić information content (AvgIpc) is 2.32. The fourth-order valence-corrected chi connectivity index (χ4v) is 1.46. The number of nitrogens with zero attached hydrogens (tertiary/aromatic N) is 2. The fraction of sp³-hybridized carbons (Fsp3) is 0.583. The number of methoxy groups -OCH3 is 1. The van der Waals surface area contributed by atoms with Crippen molar-refractivity contribution in [1.82, 2.24) is 9.78 Å². The monoisotopic (exact) mass is 287 g/mol. The molecule has 1 N–H and O–H groups in total. The van der Waals surface area contributed by atoms with Gasteiger partial charge in [-0.2, -0.15) is 5.10 Å². The molecule has 0 aliphatic rings. The van der Waals surface area contributed by atoms with Crippen LogP contribution in [0.1, 0.15) is 20.8 Å². The van der Waals surface area contributed by atoms with Crippen LogP contribution in [0.3, 0.4) is 0 Å². The maximum atomic E-state index is 11.9.